The fourth-order valence-corrected chi connectivity index (χ4v) is 4.81. The second-order valence-electron chi connectivity index (χ2n) is 10.4. The second-order valence-corrected chi connectivity index (χ2v) is 10.4. The van der Waals surface area contributed by atoms with Crippen LogP contribution in [0.25, 0.3) is 0 Å². The molecule has 0 rings (SSSR count). The molecule has 3 nitrogen and oxygen atoms in total. The highest BCUT2D eigenvalue weighted by Gasteiger charge is 2.07. The molecular weight excluding hydrogens is 406 g/mol. The van der Waals surface area contributed by atoms with Crippen molar-refractivity contribution in [2.45, 2.75) is 149 Å². The molecular formula is C30H63NO2. The summed E-state index contributed by atoms with van der Waals surface area (Å²) in [5, 5.41) is 9.20. The van der Waals surface area contributed by atoms with Crippen LogP contribution in [0.1, 0.15) is 149 Å². The highest BCUT2D eigenvalue weighted by molar-refractivity contribution is 4.60. The highest BCUT2D eigenvalue weighted by atomic mass is 16.5. The maximum absolute atomic E-state index is 9.20. The molecule has 1 unspecified atom stereocenters. The van der Waals surface area contributed by atoms with Gasteiger partial charge in [0, 0.05) is 26.4 Å². The summed E-state index contributed by atoms with van der Waals surface area (Å²) in [6.45, 7) is 12.7. The molecule has 1 N–H and O–H groups in total. The lowest BCUT2D eigenvalue weighted by atomic mass is 9.98. The van der Waals surface area contributed by atoms with Crippen LogP contribution in [0.3, 0.4) is 0 Å². The molecule has 0 amide bonds. The van der Waals surface area contributed by atoms with Gasteiger partial charge in [-0.3, -0.25) is 0 Å². The van der Waals surface area contributed by atoms with Crippen LogP contribution in [0.2, 0.25) is 0 Å². The molecule has 0 spiro atoms. The van der Waals surface area contributed by atoms with Gasteiger partial charge >= 0.3 is 0 Å². The third-order valence-corrected chi connectivity index (χ3v) is 6.99. The average Bonchev–Trinajstić information content (AvgIpc) is 2.82. The molecule has 0 aliphatic heterocycles. The molecule has 33 heavy (non-hydrogen) atoms. The van der Waals surface area contributed by atoms with Crippen molar-refractivity contribution in [2.75, 3.05) is 39.5 Å². The van der Waals surface area contributed by atoms with E-state index in [9.17, 15) is 5.11 Å². The summed E-state index contributed by atoms with van der Waals surface area (Å²) >= 11 is 0. The first-order valence-corrected chi connectivity index (χ1v) is 15.2. The molecule has 1 atom stereocenters. The van der Waals surface area contributed by atoms with Crippen molar-refractivity contribution >= 4 is 0 Å². The normalized spacial score (nSPS) is 12.6. The van der Waals surface area contributed by atoms with Gasteiger partial charge in [-0.15, -0.1) is 0 Å². The quantitative estimate of drug-likeness (QED) is 0.116. The molecule has 0 bridgehead atoms. The maximum atomic E-state index is 9.20. The first-order chi connectivity index (χ1) is 16.3. The molecule has 0 saturated heterocycles. The Morgan fingerprint density at radius 1 is 0.545 bits per heavy atom. The van der Waals surface area contributed by atoms with Gasteiger partial charge in [0.25, 0.3) is 0 Å². The Morgan fingerprint density at radius 3 is 1.61 bits per heavy atom. The third-order valence-electron chi connectivity index (χ3n) is 6.99. The standard InChI is InChI=1S/C30H63NO2/c1-4-7-9-10-12-15-18-24-31(26-21-27-32)25-19-16-13-11-14-17-20-28-33-29-30(22-6-3)23-8-5-2/h30,32H,4-29H2,1-3H3. The van der Waals surface area contributed by atoms with Gasteiger partial charge in [-0.05, 0) is 57.5 Å². The van der Waals surface area contributed by atoms with Gasteiger partial charge in [0.05, 0.1) is 0 Å². The van der Waals surface area contributed by atoms with Gasteiger partial charge in [0.15, 0.2) is 0 Å². The Morgan fingerprint density at radius 2 is 1.06 bits per heavy atom. The van der Waals surface area contributed by atoms with Crippen molar-refractivity contribution in [2.24, 2.45) is 5.92 Å². The van der Waals surface area contributed by atoms with E-state index < -0.39 is 0 Å². The molecule has 0 aliphatic rings. The number of ether oxygens (including phenoxy) is 1. The summed E-state index contributed by atoms with van der Waals surface area (Å²) in [7, 11) is 0. The molecule has 200 valence electrons. The lowest BCUT2D eigenvalue weighted by Crippen LogP contribution is -2.27. The SMILES string of the molecule is CCCCCCCCCN(CCCO)CCCCCCCCCOCC(CCC)CCCC. The lowest BCUT2D eigenvalue weighted by molar-refractivity contribution is 0.0888. The Balaban J connectivity index is 3.59. The van der Waals surface area contributed by atoms with Crippen molar-refractivity contribution in [1.29, 1.82) is 0 Å². The lowest BCUT2D eigenvalue weighted by Gasteiger charge is -2.22. The number of aliphatic hydroxyl groups excluding tert-OH is 1. The minimum absolute atomic E-state index is 0.329. The fourth-order valence-electron chi connectivity index (χ4n) is 4.81. The van der Waals surface area contributed by atoms with Crippen molar-refractivity contribution in [3.8, 4) is 0 Å². The van der Waals surface area contributed by atoms with E-state index in [2.05, 4.69) is 25.7 Å². The van der Waals surface area contributed by atoms with Gasteiger partial charge in [0.2, 0.25) is 0 Å². The first kappa shape index (κ1) is 32.9. The van der Waals surface area contributed by atoms with Gasteiger partial charge in [-0.1, -0.05) is 111 Å². The number of hydrogen-bond acceptors (Lipinski definition) is 3. The van der Waals surface area contributed by atoms with Crippen LogP contribution in [-0.2, 0) is 4.74 Å². The number of rotatable bonds is 28. The predicted molar refractivity (Wildman–Crippen MR) is 147 cm³/mol. The van der Waals surface area contributed by atoms with E-state index in [0.717, 1.165) is 32.1 Å². The van der Waals surface area contributed by atoms with Gasteiger partial charge in [-0.2, -0.15) is 0 Å². The summed E-state index contributed by atoms with van der Waals surface area (Å²) in [5.41, 5.74) is 0. The molecule has 0 fully saturated rings. The molecule has 0 aromatic heterocycles. The van der Waals surface area contributed by atoms with Crippen molar-refractivity contribution in [3.05, 3.63) is 0 Å². The van der Waals surface area contributed by atoms with E-state index in [0.29, 0.717) is 6.61 Å². The molecule has 0 aromatic rings. The fraction of sp³-hybridized carbons (Fsp3) is 1.00. The largest absolute Gasteiger partial charge is 0.396 e. The number of unbranched alkanes of at least 4 members (excludes halogenated alkanes) is 13. The Labute approximate surface area is 209 Å². The van der Waals surface area contributed by atoms with Crippen LogP contribution in [0.5, 0.6) is 0 Å². The van der Waals surface area contributed by atoms with E-state index in [4.69, 9.17) is 4.74 Å². The zero-order valence-electron chi connectivity index (χ0n) is 23.3. The predicted octanol–water partition coefficient (Wildman–Crippen LogP) is 8.78. The summed E-state index contributed by atoms with van der Waals surface area (Å²) in [6, 6.07) is 0. The summed E-state index contributed by atoms with van der Waals surface area (Å²) in [5.74, 6) is 0.790. The van der Waals surface area contributed by atoms with Crippen molar-refractivity contribution in [1.82, 2.24) is 4.90 Å². The number of hydrogen-bond donors (Lipinski definition) is 1. The summed E-state index contributed by atoms with van der Waals surface area (Å²) < 4.78 is 5.99. The monoisotopic (exact) mass is 469 g/mol. The van der Waals surface area contributed by atoms with Gasteiger partial charge < -0.3 is 14.7 Å². The van der Waals surface area contributed by atoms with E-state index >= 15 is 0 Å². The van der Waals surface area contributed by atoms with E-state index in [1.165, 1.54) is 135 Å². The molecule has 0 radical (unpaired) electrons. The van der Waals surface area contributed by atoms with Crippen molar-refractivity contribution < 1.29 is 9.84 Å². The average molecular weight is 470 g/mol. The summed E-state index contributed by atoms with van der Waals surface area (Å²) in [6.07, 6.45) is 26.6. The van der Waals surface area contributed by atoms with Crippen molar-refractivity contribution in [3.63, 3.8) is 0 Å². The topological polar surface area (TPSA) is 32.7 Å². The minimum Gasteiger partial charge on any atom is -0.396 e. The van der Waals surface area contributed by atoms with E-state index in [-0.39, 0.29) is 0 Å². The maximum Gasteiger partial charge on any atom is 0.0494 e. The third kappa shape index (κ3) is 24.8. The van der Waals surface area contributed by atoms with Gasteiger partial charge in [0.1, 0.15) is 0 Å². The van der Waals surface area contributed by atoms with Crippen LogP contribution in [0.4, 0.5) is 0 Å². The van der Waals surface area contributed by atoms with Crippen LogP contribution in [0.15, 0.2) is 0 Å². The molecule has 0 saturated carbocycles. The van der Waals surface area contributed by atoms with Crippen LogP contribution in [0, 0.1) is 5.92 Å². The second kappa shape index (κ2) is 28.1. The zero-order valence-corrected chi connectivity index (χ0v) is 23.3. The molecule has 0 heterocycles. The van der Waals surface area contributed by atoms with Crippen LogP contribution in [-0.4, -0.2) is 49.5 Å². The van der Waals surface area contributed by atoms with Crippen LogP contribution >= 0.6 is 0 Å². The Kier molecular flexibility index (Phi) is 28.0. The number of aliphatic hydroxyl groups is 1. The molecule has 0 aromatic carbocycles. The molecule has 3 heteroatoms. The zero-order chi connectivity index (χ0) is 24.2. The van der Waals surface area contributed by atoms with E-state index in [1.807, 2.05) is 0 Å². The van der Waals surface area contributed by atoms with Crippen LogP contribution < -0.4 is 0 Å². The Bertz CT molecular complexity index is 350. The summed E-state index contributed by atoms with van der Waals surface area (Å²) in [4.78, 5) is 2.60. The molecule has 0 aliphatic carbocycles. The minimum atomic E-state index is 0.329. The van der Waals surface area contributed by atoms with Gasteiger partial charge in [-0.25, -0.2) is 0 Å². The number of nitrogens with zero attached hydrogens (tertiary/aromatic N) is 1. The Hall–Kier alpha value is -0.120. The van der Waals surface area contributed by atoms with E-state index in [1.54, 1.807) is 0 Å². The first-order valence-electron chi connectivity index (χ1n) is 15.2. The highest BCUT2D eigenvalue weighted by Crippen LogP contribution is 2.16. The smallest absolute Gasteiger partial charge is 0.0494 e.